The molecule has 1 rings (SSSR count). The maximum absolute atomic E-state index is 9.89. The first kappa shape index (κ1) is 7.46. The maximum Gasteiger partial charge on any atom is 0.236 e. The Bertz CT molecular complexity index is 290. The summed E-state index contributed by atoms with van der Waals surface area (Å²) in [5, 5.41) is 13.7. The molecular formula is C6H7N3O2. The lowest BCUT2D eigenvalue weighted by Gasteiger charge is -1.89. The molecule has 1 heterocycles. The summed E-state index contributed by atoms with van der Waals surface area (Å²) >= 11 is 0. The SMILES string of the molecule is Cn1nccc1C=C[N+](=O)[O-]. The largest absolute Gasteiger partial charge is 0.268 e. The smallest absolute Gasteiger partial charge is 0.236 e. The number of aryl methyl sites for hydroxylation is 1. The fourth-order valence-electron chi connectivity index (χ4n) is 0.685. The van der Waals surface area contributed by atoms with Crippen LogP contribution in [0, 0.1) is 10.1 Å². The molecule has 5 nitrogen and oxygen atoms in total. The molecule has 5 heteroatoms. The molecule has 0 spiro atoms. The van der Waals surface area contributed by atoms with Gasteiger partial charge in [-0.25, -0.2) is 0 Å². The summed E-state index contributed by atoms with van der Waals surface area (Å²) in [6.45, 7) is 0. The van der Waals surface area contributed by atoms with Gasteiger partial charge in [-0.15, -0.1) is 0 Å². The summed E-state index contributed by atoms with van der Waals surface area (Å²) in [6.07, 6.45) is 3.86. The van der Waals surface area contributed by atoms with Gasteiger partial charge in [0.15, 0.2) is 0 Å². The number of aromatic nitrogens is 2. The van der Waals surface area contributed by atoms with E-state index in [0.29, 0.717) is 5.69 Å². The van der Waals surface area contributed by atoms with Crippen molar-refractivity contribution >= 4 is 6.08 Å². The van der Waals surface area contributed by atoms with E-state index in [-0.39, 0.29) is 0 Å². The van der Waals surface area contributed by atoms with Crippen molar-refractivity contribution in [3.05, 3.63) is 34.3 Å². The number of rotatable bonds is 2. The first-order valence-corrected chi connectivity index (χ1v) is 3.00. The van der Waals surface area contributed by atoms with Gasteiger partial charge in [0.05, 0.1) is 10.6 Å². The van der Waals surface area contributed by atoms with Gasteiger partial charge in [-0.3, -0.25) is 14.8 Å². The minimum absolute atomic E-state index is 0.507. The molecule has 58 valence electrons. The highest BCUT2D eigenvalue weighted by Crippen LogP contribution is 1.98. The zero-order chi connectivity index (χ0) is 8.27. The van der Waals surface area contributed by atoms with E-state index in [1.165, 1.54) is 6.08 Å². The molecule has 0 N–H and O–H groups in total. The molecule has 0 radical (unpaired) electrons. The lowest BCUT2D eigenvalue weighted by Crippen LogP contribution is -1.92. The molecule has 11 heavy (non-hydrogen) atoms. The Balaban J connectivity index is 2.79. The van der Waals surface area contributed by atoms with E-state index in [1.807, 2.05) is 0 Å². The summed E-state index contributed by atoms with van der Waals surface area (Å²) in [5.74, 6) is 0. The van der Waals surface area contributed by atoms with Crippen LogP contribution in [0.15, 0.2) is 18.5 Å². The first-order valence-electron chi connectivity index (χ1n) is 3.00. The molecule has 0 aromatic carbocycles. The quantitative estimate of drug-likeness (QED) is 0.463. The number of hydrogen-bond acceptors (Lipinski definition) is 3. The van der Waals surface area contributed by atoms with Gasteiger partial charge in [0.2, 0.25) is 6.20 Å². The third kappa shape index (κ3) is 1.89. The molecule has 0 amide bonds. The van der Waals surface area contributed by atoms with Gasteiger partial charge in [0.25, 0.3) is 0 Å². The van der Waals surface area contributed by atoms with Crippen molar-refractivity contribution in [2.75, 3.05) is 0 Å². The fraction of sp³-hybridized carbons (Fsp3) is 0.167. The molecule has 0 aliphatic heterocycles. The second-order valence-electron chi connectivity index (χ2n) is 1.98. The second-order valence-corrected chi connectivity index (χ2v) is 1.98. The highest BCUT2D eigenvalue weighted by molar-refractivity contribution is 5.42. The Morgan fingerprint density at radius 2 is 2.55 bits per heavy atom. The number of hydrogen-bond donors (Lipinski definition) is 0. The van der Waals surface area contributed by atoms with Crippen molar-refractivity contribution in [2.45, 2.75) is 0 Å². The van der Waals surface area contributed by atoms with E-state index in [4.69, 9.17) is 0 Å². The Kier molecular flexibility index (Phi) is 2.00. The Labute approximate surface area is 63.1 Å². The number of nitrogens with zero attached hydrogens (tertiary/aromatic N) is 3. The molecule has 0 aliphatic carbocycles. The van der Waals surface area contributed by atoms with Crippen LogP contribution in [0.2, 0.25) is 0 Å². The van der Waals surface area contributed by atoms with Crippen molar-refractivity contribution in [2.24, 2.45) is 7.05 Å². The Hall–Kier alpha value is -1.65. The lowest BCUT2D eigenvalue weighted by molar-refractivity contribution is -0.401. The van der Waals surface area contributed by atoms with E-state index in [0.717, 1.165) is 6.20 Å². The van der Waals surface area contributed by atoms with E-state index < -0.39 is 4.92 Å². The minimum atomic E-state index is -0.507. The van der Waals surface area contributed by atoms with Crippen LogP contribution in [-0.2, 0) is 7.05 Å². The van der Waals surface area contributed by atoms with Crippen LogP contribution in [0.3, 0.4) is 0 Å². The summed E-state index contributed by atoms with van der Waals surface area (Å²) in [6, 6.07) is 1.69. The Morgan fingerprint density at radius 1 is 1.82 bits per heavy atom. The molecule has 0 fully saturated rings. The third-order valence-electron chi connectivity index (χ3n) is 1.23. The monoisotopic (exact) mass is 153 g/mol. The van der Waals surface area contributed by atoms with E-state index in [1.54, 1.807) is 24.0 Å². The van der Waals surface area contributed by atoms with E-state index >= 15 is 0 Å². The van der Waals surface area contributed by atoms with Gasteiger partial charge < -0.3 is 0 Å². The summed E-state index contributed by atoms with van der Waals surface area (Å²) in [7, 11) is 1.72. The molecule has 0 atom stereocenters. The third-order valence-corrected chi connectivity index (χ3v) is 1.23. The summed E-state index contributed by atoms with van der Waals surface area (Å²) in [5.41, 5.74) is 0.710. The maximum atomic E-state index is 9.89. The van der Waals surface area contributed by atoms with Gasteiger partial charge in [-0.1, -0.05) is 0 Å². The average Bonchev–Trinajstić information content (AvgIpc) is 2.31. The molecule has 0 unspecified atom stereocenters. The Morgan fingerprint density at radius 3 is 3.00 bits per heavy atom. The van der Waals surface area contributed by atoms with Crippen LogP contribution in [0.25, 0.3) is 6.08 Å². The minimum Gasteiger partial charge on any atom is -0.268 e. The summed E-state index contributed by atoms with van der Waals surface area (Å²) in [4.78, 5) is 9.39. The van der Waals surface area contributed by atoms with Crippen LogP contribution >= 0.6 is 0 Å². The zero-order valence-electron chi connectivity index (χ0n) is 5.97. The molecule has 0 saturated carbocycles. The van der Waals surface area contributed by atoms with Crippen molar-refractivity contribution in [3.63, 3.8) is 0 Å². The van der Waals surface area contributed by atoms with Crippen molar-refractivity contribution in [3.8, 4) is 0 Å². The molecule has 0 aliphatic rings. The van der Waals surface area contributed by atoms with Crippen LogP contribution in [0.1, 0.15) is 5.69 Å². The van der Waals surface area contributed by atoms with Gasteiger partial charge in [-0.05, 0) is 6.07 Å². The van der Waals surface area contributed by atoms with Gasteiger partial charge in [0, 0.05) is 19.3 Å². The van der Waals surface area contributed by atoms with Crippen LogP contribution < -0.4 is 0 Å². The van der Waals surface area contributed by atoms with Crippen LogP contribution in [0.4, 0.5) is 0 Å². The first-order chi connectivity index (χ1) is 5.20. The number of nitro groups is 1. The predicted octanol–water partition coefficient (Wildman–Crippen LogP) is 0.667. The highest BCUT2D eigenvalue weighted by atomic mass is 16.6. The lowest BCUT2D eigenvalue weighted by atomic mass is 10.4. The van der Waals surface area contributed by atoms with E-state index in [2.05, 4.69) is 5.10 Å². The molecule has 1 aromatic rings. The highest BCUT2D eigenvalue weighted by Gasteiger charge is 1.93. The molecule has 1 aromatic heterocycles. The standard InChI is InChI=1S/C6H7N3O2/c1-8-6(2-4-7-8)3-5-9(10)11/h2-5H,1H3. The normalized spacial score (nSPS) is 10.6. The summed E-state index contributed by atoms with van der Waals surface area (Å²) < 4.78 is 1.56. The molecule has 0 bridgehead atoms. The predicted molar refractivity (Wildman–Crippen MR) is 39.2 cm³/mol. The van der Waals surface area contributed by atoms with Gasteiger partial charge >= 0.3 is 0 Å². The zero-order valence-corrected chi connectivity index (χ0v) is 5.97. The van der Waals surface area contributed by atoms with Gasteiger partial charge in [0.1, 0.15) is 0 Å². The van der Waals surface area contributed by atoms with Crippen LogP contribution in [0.5, 0.6) is 0 Å². The molecule has 0 saturated heterocycles. The topological polar surface area (TPSA) is 61.0 Å². The van der Waals surface area contributed by atoms with E-state index in [9.17, 15) is 10.1 Å². The van der Waals surface area contributed by atoms with Gasteiger partial charge in [-0.2, -0.15) is 5.10 Å². The van der Waals surface area contributed by atoms with Crippen molar-refractivity contribution in [1.82, 2.24) is 9.78 Å². The second kappa shape index (κ2) is 2.96. The van der Waals surface area contributed by atoms with Crippen LogP contribution in [-0.4, -0.2) is 14.7 Å². The van der Waals surface area contributed by atoms with Crippen molar-refractivity contribution < 1.29 is 4.92 Å². The average molecular weight is 153 g/mol. The fourth-order valence-corrected chi connectivity index (χ4v) is 0.685. The van der Waals surface area contributed by atoms with Crippen molar-refractivity contribution in [1.29, 1.82) is 0 Å². The molecular weight excluding hydrogens is 146 g/mol.